The van der Waals surface area contributed by atoms with Crippen LogP contribution in [0.25, 0.3) is 0 Å². The van der Waals surface area contributed by atoms with Crippen LogP contribution in [-0.4, -0.2) is 50.5 Å². The molecule has 1 N–H and O–H groups in total. The Morgan fingerprint density at radius 3 is 2.29 bits per heavy atom. The highest BCUT2D eigenvalue weighted by molar-refractivity contribution is 9.10. The van der Waals surface area contributed by atoms with Gasteiger partial charge < -0.3 is 10.2 Å². The molecule has 168 valence electrons. The summed E-state index contributed by atoms with van der Waals surface area (Å²) in [6.07, 6.45) is 1.46. The fourth-order valence-corrected chi connectivity index (χ4v) is 4.47. The molecule has 9 heteroatoms. The number of nitrogens with zero attached hydrogens (tertiary/aromatic N) is 2. The van der Waals surface area contributed by atoms with Crippen molar-refractivity contribution >= 4 is 43.5 Å². The summed E-state index contributed by atoms with van der Waals surface area (Å²) in [7, 11) is -3.73. The molecule has 0 aliphatic carbocycles. The normalized spacial score (nSPS) is 12.1. The zero-order chi connectivity index (χ0) is 23.0. The van der Waals surface area contributed by atoms with E-state index in [1.807, 2.05) is 44.2 Å². The molecule has 2 amide bonds. The quantitative estimate of drug-likeness (QED) is 0.532. The van der Waals surface area contributed by atoms with Crippen molar-refractivity contribution in [3.63, 3.8) is 0 Å². The summed E-state index contributed by atoms with van der Waals surface area (Å²) in [5.74, 6) is -0.713. The van der Waals surface area contributed by atoms with Gasteiger partial charge in [0.25, 0.3) is 0 Å². The van der Waals surface area contributed by atoms with Gasteiger partial charge in [-0.3, -0.25) is 13.9 Å². The van der Waals surface area contributed by atoms with Crippen LogP contribution in [0.1, 0.15) is 25.8 Å². The highest BCUT2D eigenvalue weighted by Crippen LogP contribution is 2.23. The maximum atomic E-state index is 13.4. The average molecular weight is 510 g/mol. The van der Waals surface area contributed by atoms with E-state index in [0.29, 0.717) is 23.1 Å². The Kier molecular flexibility index (Phi) is 9.06. The predicted octanol–water partition coefficient (Wildman–Crippen LogP) is 3.16. The molecule has 0 saturated carbocycles. The third-order valence-corrected chi connectivity index (χ3v) is 6.34. The Hall–Kier alpha value is -2.39. The Morgan fingerprint density at radius 2 is 1.74 bits per heavy atom. The molecule has 0 fully saturated rings. The van der Waals surface area contributed by atoms with Gasteiger partial charge in [-0.2, -0.15) is 0 Å². The third kappa shape index (κ3) is 7.07. The van der Waals surface area contributed by atoms with Gasteiger partial charge in [-0.25, -0.2) is 8.42 Å². The van der Waals surface area contributed by atoms with Crippen LogP contribution in [0.2, 0.25) is 0 Å². The first-order valence-electron chi connectivity index (χ1n) is 10.0. The topological polar surface area (TPSA) is 86.8 Å². The molecule has 2 rings (SSSR count). The molecular weight excluding hydrogens is 482 g/mol. The predicted molar refractivity (Wildman–Crippen MR) is 126 cm³/mol. The first kappa shape index (κ1) is 24.9. The molecule has 2 aromatic carbocycles. The summed E-state index contributed by atoms with van der Waals surface area (Å²) in [4.78, 5) is 27.5. The number of amides is 2. The number of sulfonamides is 1. The van der Waals surface area contributed by atoms with E-state index in [2.05, 4.69) is 21.2 Å². The molecule has 0 saturated heterocycles. The Labute approximate surface area is 192 Å². The van der Waals surface area contributed by atoms with Crippen LogP contribution < -0.4 is 9.62 Å². The second-order valence-corrected chi connectivity index (χ2v) is 9.90. The van der Waals surface area contributed by atoms with E-state index in [1.54, 1.807) is 24.3 Å². The molecule has 1 atom stereocenters. The highest BCUT2D eigenvalue weighted by Gasteiger charge is 2.31. The van der Waals surface area contributed by atoms with Crippen molar-refractivity contribution in [2.75, 3.05) is 23.7 Å². The van der Waals surface area contributed by atoms with Crippen LogP contribution in [0.15, 0.2) is 59.1 Å². The third-order valence-electron chi connectivity index (χ3n) is 4.71. The minimum Gasteiger partial charge on any atom is -0.355 e. The molecule has 7 nitrogen and oxygen atoms in total. The van der Waals surface area contributed by atoms with Crippen molar-refractivity contribution < 1.29 is 18.0 Å². The van der Waals surface area contributed by atoms with Crippen molar-refractivity contribution in [3.8, 4) is 0 Å². The summed E-state index contributed by atoms with van der Waals surface area (Å²) in [5.41, 5.74) is 1.22. The molecule has 0 radical (unpaired) electrons. The van der Waals surface area contributed by atoms with Gasteiger partial charge in [0.2, 0.25) is 21.8 Å². The number of rotatable bonds is 10. The monoisotopic (exact) mass is 509 g/mol. The van der Waals surface area contributed by atoms with Gasteiger partial charge in [-0.15, -0.1) is 0 Å². The van der Waals surface area contributed by atoms with Crippen molar-refractivity contribution in [2.45, 2.75) is 32.9 Å². The van der Waals surface area contributed by atoms with E-state index >= 15 is 0 Å². The number of likely N-dealkylation sites (N-methyl/N-ethyl adjacent to an activating group) is 1. The lowest BCUT2D eigenvalue weighted by atomic mass is 10.1. The van der Waals surface area contributed by atoms with Crippen LogP contribution in [-0.2, 0) is 26.2 Å². The number of hydrogen-bond donors (Lipinski definition) is 1. The van der Waals surface area contributed by atoms with Gasteiger partial charge in [0.15, 0.2) is 0 Å². The molecule has 31 heavy (non-hydrogen) atoms. The molecule has 0 spiro atoms. The van der Waals surface area contributed by atoms with E-state index in [9.17, 15) is 18.0 Å². The lowest BCUT2D eigenvalue weighted by Gasteiger charge is -2.32. The van der Waals surface area contributed by atoms with Crippen LogP contribution in [0, 0.1) is 0 Å². The molecule has 0 bridgehead atoms. The fraction of sp³-hybridized carbons (Fsp3) is 0.364. The highest BCUT2D eigenvalue weighted by atomic mass is 79.9. The zero-order valence-electron chi connectivity index (χ0n) is 17.9. The standard InChI is InChI=1S/C22H28BrN3O4S/c1-4-20(22(28)24-5-2)25(15-17-10-7-6-8-11-17)21(27)16-26(31(3,29)30)19-13-9-12-18(23)14-19/h6-14,20H,4-5,15-16H2,1-3H3,(H,24,28)/t20-/m0/s1. The van der Waals surface area contributed by atoms with Gasteiger partial charge in [-0.1, -0.05) is 59.3 Å². The number of hydrogen-bond acceptors (Lipinski definition) is 4. The Bertz CT molecular complexity index is 999. The number of carbonyl (C=O) groups excluding carboxylic acids is 2. The smallest absolute Gasteiger partial charge is 0.244 e. The van der Waals surface area contributed by atoms with Crippen LogP contribution in [0.3, 0.4) is 0 Å². The van der Waals surface area contributed by atoms with Crippen LogP contribution >= 0.6 is 15.9 Å². The van der Waals surface area contributed by atoms with Crippen molar-refractivity contribution in [2.24, 2.45) is 0 Å². The van der Waals surface area contributed by atoms with Crippen LogP contribution in [0.4, 0.5) is 5.69 Å². The van der Waals surface area contributed by atoms with Gasteiger partial charge in [0.1, 0.15) is 12.6 Å². The van der Waals surface area contributed by atoms with E-state index in [4.69, 9.17) is 0 Å². The summed E-state index contributed by atoms with van der Waals surface area (Å²) >= 11 is 3.34. The molecule has 0 heterocycles. The van der Waals surface area contributed by atoms with E-state index in [1.165, 1.54) is 4.90 Å². The minimum absolute atomic E-state index is 0.200. The molecule has 0 unspecified atom stereocenters. The maximum absolute atomic E-state index is 13.4. The molecule has 0 aromatic heterocycles. The van der Waals surface area contributed by atoms with Crippen molar-refractivity contribution in [1.82, 2.24) is 10.2 Å². The lowest BCUT2D eigenvalue weighted by Crippen LogP contribution is -2.52. The SMILES string of the molecule is CCNC(=O)[C@H](CC)N(Cc1ccccc1)C(=O)CN(c1cccc(Br)c1)S(C)(=O)=O. The largest absolute Gasteiger partial charge is 0.355 e. The number of halogens is 1. The Balaban J connectivity index is 2.40. The Morgan fingerprint density at radius 1 is 1.06 bits per heavy atom. The first-order chi connectivity index (χ1) is 14.7. The summed E-state index contributed by atoms with van der Waals surface area (Å²) < 4.78 is 26.7. The second kappa shape index (κ2) is 11.3. The maximum Gasteiger partial charge on any atom is 0.244 e. The number of carbonyl (C=O) groups is 2. The van der Waals surface area contributed by atoms with E-state index < -0.39 is 28.5 Å². The zero-order valence-corrected chi connectivity index (χ0v) is 20.3. The molecule has 0 aliphatic heterocycles. The van der Waals surface area contributed by atoms with E-state index in [0.717, 1.165) is 16.1 Å². The molecule has 2 aromatic rings. The molecule has 0 aliphatic rings. The second-order valence-electron chi connectivity index (χ2n) is 7.08. The minimum atomic E-state index is -3.73. The van der Waals surface area contributed by atoms with Gasteiger partial charge >= 0.3 is 0 Å². The van der Waals surface area contributed by atoms with Gasteiger partial charge in [-0.05, 0) is 37.1 Å². The number of benzene rings is 2. The number of anilines is 1. The first-order valence-corrected chi connectivity index (χ1v) is 12.7. The summed E-state index contributed by atoms with van der Waals surface area (Å²) in [6, 6.07) is 15.3. The average Bonchev–Trinajstić information content (AvgIpc) is 2.71. The van der Waals surface area contributed by atoms with Gasteiger partial charge in [0, 0.05) is 17.6 Å². The van der Waals surface area contributed by atoms with Crippen LogP contribution in [0.5, 0.6) is 0 Å². The summed E-state index contributed by atoms with van der Waals surface area (Å²) in [6.45, 7) is 3.88. The lowest BCUT2D eigenvalue weighted by molar-refractivity contribution is -0.140. The number of nitrogens with one attached hydrogen (secondary N) is 1. The molecular formula is C22H28BrN3O4S. The fourth-order valence-electron chi connectivity index (χ4n) is 3.24. The summed E-state index contributed by atoms with van der Waals surface area (Å²) in [5, 5.41) is 2.77. The van der Waals surface area contributed by atoms with Crippen molar-refractivity contribution in [1.29, 1.82) is 0 Å². The van der Waals surface area contributed by atoms with Crippen molar-refractivity contribution in [3.05, 3.63) is 64.6 Å². The van der Waals surface area contributed by atoms with E-state index in [-0.39, 0.29) is 12.5 Å². The van der Waals surface area contributed by atoms with Gasteiger partial charge in [0.05, 0.1) is 11.9 Å².